The Labute approximate surface area is 125 Å². The molecule has 0 bridgehead atoms. The monoisotopic (exact) mass is 300 g/mol. The van der Waals surface area contributed by atoms with Crippen molar-refractivity contribution in [3.05, 3.63) is 65.2 Å². The SMILES string of the molecule is Cc1ccccc1CS(=O)(=O)N(C)c1cccc(C#N)c1. The number of sulfonamides is 1. The first-order valence-corrected chi connectivity index (χ1v) is 8.06. The number of hydrogen-bond acceptors (Lipinski definition) is 3. The van der Waals surface area contributed by atoms with Crippen LogP contribution >= 0.6 is 0 Å². The molecule has 0 amide bonds. The summed E-state index contributed by atoms with van der Waals surface area (Å²) in [5.41, 5.74) is 2.65. The molecule has 0 aliphatic carbocycles. The van der Waals surface area contributed by atoms with Crippen molar-refractivity contribution < 1.29 is 8.42 Å². The smallest absolute Gasteiger partial charge is 0.239 e. The number of anilines is 1. The minimum atomic E-state index is -3.49. The number of aryl methyl sites for hydroxylation is 1. The standard InChI is InChI=1S/C16H16N2O2S/c1-13-6-3-4-8-15(13)12-21(19,20)18(2)16-9-5-7-14(10-16)11-17/h3-10H,12H2,1-2H3. The number of hydrogen-bond donors (Lipinski definition) is 0. The summed E-state index contributed by atoms with van der Waals surface area (Å²) in [6.07, 6.45) is 0. The molecule has 0 atom stereocenters. The number of benzene rings is 2. The van der Waals surface area contributed by atoms with Gasteiger partial charge in [-0.2, -0.15) is 5.26 Å². The average Bonchev–Trinajstić information content (AvgIpc) is 2.48. The van der Waals surface area contributed by atoms with Crippen LogP contribution in [-0.4, -0.2) is 15.5 Å². The van der Waals surface area contributed by atoms with Crippen molar-refractivity contribution in [1.82, 2.24) is 0 Å². The molecule has 2 rings (SSSR count). The van der Waals surface area contributed by atoms with Crippen LogP contribution in [-0.2, 0) is 15.8 Å². The van der Waals surface area contributed by atoms with E-state index in [1.54, 1.807) is 24.3 Å². The van der Waals surface area contributed by atoms with Crippen LogP contribution in [0, 0.1) is 18.3 Å². The summed E-state index contributed by atoms with van der Waals surface area (Å²) in [6, 6.07) is 16.0. The fourth-order valence-corrected chi connectivity index (χ4v) is 3.34. The van der Waals surface area contributed by atoms with Crippen LogP contribution in [0.2, 0.25) is 0 Å². The average molecular weight is 300 g/mol. The molecular weight excluding hydrogens is 284 g/mol. The van der Waals surface area contributed by atoms with Gasteiger partial charge in [0, 0.05) is 7.05 Å². The molecule has 0 saturated heterocycles. The van der Waals surface area contributed by atoms with Crippen LogP contribution in [0.4, 0.5) is 5.69 Å². The van der Waals surface area contributed by atoms with Gasteiger partial charge >= 0.3 is 0 Å². The quantitative estimate of drug-likeness (QED) is 0.872. The molecule has 21 heavy (non-hydrogen) atoms. The van der Waals surface area contributed by atoms with Crippen LogP contribution in [0.25, 0.3) is 0 Å². The van der Waals surface area contributed by atoms with Gasteiger partial charge in [-0.05, 0) is 36.2 Å². The highest BCUT2D eigenvalue weighted by molar-refractivity contribution is 7.92. The van der Waals surface area contributed by atoms with E-state index in [0.29, 0.717) is 11.3 Å². The van der Waals surface area contributed by atoms with Crippen LogP contribution < -0.4 is 4.31 Å². The van der Waals surface area contributed by atoms with Gasteiger partial charge in [0.05, 0.1) is 23.1 Å². The lowest BCUT2D eigenvalue weighted by Crippen LogP contribution is -2.28. The first kappa shape index (κ1) is 15.1. The van der Waals surface area contributed by atoms with Gasteiger partial charge in [-0.25, -0.2) is 8.42 Å². The van der Waals surface area contributed by atoms with E-state index in [0.717, 1.165) is 11.1 Å². The van der Waals surface area contributed by atoms with Crippen molar-refractivity contribution in [2.75, 3.05) is 11.4 Å². The maximum Gasteiger partial charge on any atom is 0.239 e. The van der Waals surface area contributed by atoms with E-state index < -0.39 is 10.0 Å². The first-order chi connectivity index (χ1) is 9.94. The molecule has 0 fully saturated rings. The zero-order valence-corrected chi connectivity index (χ0v) is 12.8. The fraction of sp³-hybridized carbons (Fsp3) is 0.188. The van der Waals surface area contributed by atoms with Crippen molar-refractivity contribution in [1.29, 1.82) is 5.26 Å². The summed E-state index contributed by atoms with van der Waals surface area (Å²) >= 11 is 0. The minimum Gasteiger partial charge on any atom is -0.273 e. The highest BCUT2D eigenvalue weighted by Crippen LogP contribution is 2.21. The molecule has 4 nitrogen and oxygen atoms in total. The van der Waals surface area contributed by atoms with Gasteiger partial charge in [0.15, 0.2) is 0 Å². The van der Waals surface area contributed by atoms with E-state index >= 15 is 0 Å². The molecule has 0 N–H and O–H groups in total. The Balaban J connectivity index is 2.31. The Morgan fingerprint density at radius 2 is 1.86 bits per heavy atom. The molecule has 0 spiro atoms. The normalized spacial score (nSPS) is 10.9. The summed E-state index contributed by atoms with van der Waals surface area (Å²) in [5.74, 6) is -0.0625. The Hall–Kier alpha value is -2.32. The minimum absolute atomic E-state index is 0.0625. The summed E-state index contributed by atoms with van der Waals surface area (Å²) < 4.78 is 26.2. The van der Waals surface area contributed by atoms with Gasteiger partial charge in [0.2, 0.25) is 10.0 Å². The molecular formula is C16H16N2O2S. The molecule has 108 valence electrons. The second-order valence-electron chi connectivity index (χ2n) is 4.81. The van der Waals surface area contributed by atoms with E-state index in [1.807, 2.05) is 37.3 Å². The third-order valence-electron chi connectivity index (χ3n) is 3.36. The van der Waals surface area contributed by atoms with Crippen molar-refractivity contribution >= 4 is 15.7 Å². The lowest BCUT2D eigenvalue weighted by molar-refractivity contribution is 0.593. The summed E-state index contributed by atoms with van der Waals surface area (Å²) in [7, 11) is -1.99. The van der Waals surface area contributed by atoms with Crippen molar-refractivity contribution in [2.24, 2.45) is 0 Å². The number of nitriles is 1. The zero-order chi connectivity index (χ0) is 15.5. The highest BCUT2D eigenvalue weighted by Gasteiger charge is 2.20. The molecule has 0 aliphatic heterocycles. The molecule has 0 aliphatic rings. The Bertz CT molecular complexity index is 792. The van der Waals surface area contributed by atoms with Crippen LogP contribution in [0.5, 0.6) is 0 Å². The molecule has 0 heterocycles. The van der Waals surface area contributed by atoms with E-state index in [9.17, 15) is 8.42 Å². The predicted octanol–water partition coefficient (Wildman–Crippen LogP) is 2.83. The van der Waals surface area contributed by atoms with E-state index in [1.165, 1.54) is 11.4 Å². The Kier molecular flexibility index (Phi) is 4.29. The van der Waals surface area contributed by atoms with Crippen molar-refractivity contribution in [3.63, 3.8) is 0 Å². The second-order valence-corrected chi connectivity index (χ2v) is 6.81. The summed E-state index contributed by atoms with van der Waals surface area (Å²) in [5, 5.41) is 8.90. The predicted molar refractivity (Wildman–Crippen MR) is 83.4 cm³/mol. The van der Waals surface area contributed by atoms with Gasteiger partial charge in [-0.15, -0.1) is 0 Å². The van der Waals surface area contributed by atoms with Crippen LogP contribution in [0.1, 0.15) is 16.7 Å². The molecule has 0 aromatic heterocycles. The van der Waals surface area contributed by atoms with Gasteiger partial charge in [0.1, 0.15) is 0 Å². The van der Waals surface area contributed by atoms with Gasteiger partial charge < -0.3 is 0 Å². The summed E-state index contributed by atoms with van der Waals surface area (Å²) in [6.45, 7) is 1.89. The first-order valence-electron chi connectivity index (χ1n) is 6.45. The Morgan fingerprint density at radius 1 is 1.14 bits per heavy atom. The van der Waals surface area contributed by atoms with Crippen LogP contribution in [0.3, 0.4) is 0 Å². The van der Waals surface area contributed by atoms with Gasteiger partial charge in [-0.3, -0.25) is 4.31 Å². The fourth-order valence-electron chi connectivity index (χ4n) is 2.00. The molecule has 5 heteroatoms. The molecule has 0 radical (unpaired) electrons. The summed E-state index contributed by atoms with van der Waals surface area (Å²) in [4.78, 5) is 0. The Morgan fingerprint density at radius 3 is 2.52 bits per heavy atom. The van der Waals surface area contributed by atoms with E-state index in [-0.39, 0.29) is 5.75 Å². The number of rotatable bonds is 4. The lowest BCUT2D eigenvalue weighted by Gasteiger charge is -2.20. The molecule has 2 aromatic carbocycles. The van der Waals surface area contributed by atoms with Gasteiger partial charge in [-0.1, -0.05) is 30.3 Å². The maximum atomic E-state index is 12.5. The molecule has 0 unspecified atom stereocenters. The van der Waals surface area contributed by atoms with E-state index in [2.05, 4.69) is 0 Å². The van der Waals surface area contributed by atoms with Gasteiger partial charge in [0.25, 0.3) is 0 Å². The zero-order valence-electron chi connectivity index (χ0n) is 11.9. The highest BCUT2D eigenvalue weighted by atomic mass is 32.2. The molecule has 0 saturated carbocycles. The van der Waals surface area contributed by atoms with Crippen LogP contribution in [0.15, 0.2) is 48.5 Å². The third kappa shape index (κ3) is 3.41. The maximum absolute atomic E-state index is 12.5. The third-order valence-corrected chi connectivity index (χ3v) is 5.08. The second kappa shape index (κ2) is 5.98. The van der Waals surface area contributed by atoms with E-state index in [4.69, 9.17) is 5.26 Å². The lowest BCUT2D eigenvalue weighted by atomic mass is 10.1. The largest absolute Gasteiger partial charge is 0.273 e. The van der Waals surface area contributed by atoms with Crippen molar-refractivity contribution in [3.8, 4) is 6.07 Å². The number of nitrogens with zero attached hydrogens (tertiary/aromatic N) is 2. The van der Waals surface area contributed by atoms with Crippen molar-refractivity contribution in [2.45, 2.75) is 12.7 Å². The topological polar surface area (TPSA) is 61.2 Å². The molecule has 2 aromatic rings.